The number of cyclic esters (lactones) is 1. The number of amides is 1. The predicted octanol–water partition coefficient (Wildman–Crippen LogP) is 1.56. The minimum atomic E-state index is -0.455. The second-order valence-corrected chi connectivity index (χ2v) is 3.42. The van der Waals surface area contributed by atoms with E-state index in [1.165, 1.54) is 0 Å². The van der Waals surface area contributed by atoms with Crippen LogP contribution in [0.3, 0.4) is 0 Å². The van der Waals surface area contributed by atoms with Crippen LogP contribution in [0.25, 0.3) is 0 Å². The van der Waals surface area contributed by atoms with Crippen LogP contribution in [0.2, 0.25) is 0 Å². The second kappa shape index (κ2) is 3.65. The summed E-state index contributed by atoms with van der Waals surface area (Å²) in [6.07, 6.45) is 0.161. The van der Waals surface area contributed by atoms with Gasteiger partial charge in [-0.2, -0.15) is 0 Å². The van der Waals surface area contributed by atoms with Crippen molar-refractivity contribution in [3.8, 4) is 5.75 Å². The van der Waals surface area contributed by atoms with Gasteiger partial charge in [0.25, 0.3) is 0 Å². The van der Waals surface area contributed by atoms with Crippen molar-refractivity contribution in [1.29, 1.82) is 0 Å². The maximum Gasteiger partial charge on any atom is 0.412 e. The van der Waals surface area contributed by atoms with Gasteiger partial charge in [0.05, 0.1) is 6.04 Å². The van der Waals surface area contributed by atoms with Crippen LogP contribution in [-0.2, 0) is 11.2 Å². The van der Waals surface area contributed by atoms with Crippen molar-refractivity contribution in [3.63, 3.8) is 0 Å². The number of ether oxygens (including phenoxy) is 1. The van der Waals surface area contributed by atoms with E-state index in [9.17, 15) is 4.79 Å². The zero-order valence-corrected chi connectivity index (χ0v) is 8.06. The quantitative estimate of drug-likeness (QED) is 0.770. The maximum absolute atomic E-state index is 10.9. The molecular weight excluding hydrogens is 194 g/mol. The zero-order chi connectivity index (χ0) is 10.8. The van der Waals surface area contributed by atoms with Crippen LogP contribution in [0, 0.1) is 0 Å². The Hall–Kier alpha value is -1.97. The van der Waals surface area contributed by atoms with Crippen LogP contribution in [0.4, 0.5) is 4.79 Å². The number of rotatable bonds is 2. The number of phenolic OH excluding ortho intramolecular Hbond substituents is 1. The fourth-order valence-corrected chi connectivity index (χ4v) is 1.48. The standard InChI is InChI=1S/C11H11NO3/c1-7-10(12-11(14)15-7)6-8-2-4-9(13)5-3-8/h2-5,10,13H,1,6H2,(H,12,14). The lowest BCUT2D eigenvalue weighted by Crippen LogP contribution is -2.27. The van der Waals surface area contributed by atoms with E-state index in [0.29, 0.717) is 12.2 Å². The van der Waals surface area contributed by atoms with Crippen LogP contribution in [-0.4, -0.2) is 17.2 Å². The lowest BCUT2D eigenvalue weighted by Gasteiger charge is -2.07. The molecule has 1 heterocycles. The first-order chi connectivity index (χ1) is 7.15. The highest BCUT2D eigenvalue weighted by Gasteiger charge is 2.26. The number of hydrogen-bond donors (Lipinski definition) is 2. The average molecular weight is 205 g/mol. The van der Waals surface area contributed by atoms with Crippen LogP contribution in [0.1, 0.15) is 5.56 Å². The molecule has 0 aliphatic carbocycles. The molecule has 0 bridgehead atoms. The first kappa shape index (κ1) is 9.58. The molecule has 1 fully saturated rings. The van der Waals surface area contributed by atoms with Gasteiger partial charge < -0.3 is 15.2 Å². The topological polar surface area (TPSA) is 58.6 Å². The maximum atomic E-state index is 10.9. The van der Waals surface area contributed by atoms with Gasteiger partial charge in [-0.3, -0.25) is 0 Å². The number of aromatic hydroxyl groups is 1. The van der Waals surface area contributed by atoms with Crippen molar-refractivity contribution < 1.29 is 14.6 Å². The highest BCUT2D eigenvalue weighted by molar-refractivity contribution is 5.72. The van der Waals surface area contributed by atoms with E-state index in [2.05, 4.69) is 11.9 Å². The van der Waals surface area contributed by atoms with Crippen LogP contribution >= 0.6 is 0 Å². The van der Waals surface area contributed by atoms with E-state index in [0.717, 1.165) is 5.56 Å². The molecule has 0 radical (unpaired) electrons. The SMILES string of the molecule is C=C1OC(=O)NC1Cc1ccc(O)cc1. The first-order valence-corrected chi connectivity index (χ1v) is 4.60. The van der Waals surface area contributed by atoms with Crippen molar-refractivity contribution in [1.82, 2.24) is 5.32 Å². The van der Waals surface area contributed by atoms with Gasteiger partial charge in [0, 0.05) is 6.42 Å². The summed E-state index contributed by atoms with van der Waals surface area (Å²) in [7, 11) is 0. The molecule has 2 N–H and O–H groups in total. The highest BCUT2D eigenvalue weighted by atomic mass is 16.6. The van der Waals surface area contributed by atoms with Crippen LogP contribution < -0.4 is 5.32 Å². The summed E-state index contributed by atoms with van der Waals surface area (Å²) >= 11 is 0. The molecule has 78 valence electrons. The van der Waals surface area contributed by atoms with Crippen molar-refractivity contribution in [2.45, 2.75) is 12.5 Å². The number of carbonyl (C=O) groups excluding carboxylic acids is 1. The molecule has 1 aromatic carbocycles. The van der Waals surface area contributed by atoms with Crippen molar-refractivity contribution >= 4 is 6.09 Å². The molecule has 1 aliphatic rings. The summed E-state index contributed by atoms with van der Waals surface area (Å²) in [5, 5.41) is 11.7. The third kappa shape index (κ3) is 2.10. The van der Waals surface area contributed by atoms with Crippen molar-refractivity contribution in [2.75, 3.05) is 0 Å². The Bertz CT molecular complexity index is 397. The Morgan fingerprint density at radius 2 is 2.07 bits per heavy atom. The lowest BCUT2D eigenvalue weighted by molar-refractivity contribution is 0.195. The normalized spacial score (nSPS) is 19.9. The summed E-state index contributed by atoms with van der Waals surface area (Å²) in [5.74, 6) is 0.664. The van der Waals surface area contributed by atoms with Gasteiger partial charge in [0.2, 0.25) is 0 Å². The van der Waals surface area contributed by atoms with Gasteiger partial charge in [-0.25, -0.2) is 4.79 Å². The van der Waals surface area contributed by atoms with E-state index < -0.39 is 6.09 Å². The average Bonchev–Trinajstić information content (AvgIpc) is 2.49. The number of carbonyl (C=O) groups is 1. The minimum Gasteiger partial charge on any atom is -0.508 e. The number of hydrogen-bond acceptors (Lipinski definition) is 3. The van der Waals surface area contributed by atoms with Crippen molar-refractivity contribution in [2.24, 2.45) is 0 Å². The van der Waals surface area contributed by atoms with Crippen molar-refractivity contribution in [3.05, 3.63) is 42.2 Å². The molecular formula is C11H11NO3. The summed E-state index contributed by atoms with van der Waals surface area (Å²) in [4.78, 5) is 10.9. The Balaban J connectivity index is 2.06. The third-order valence-electron chi connectivity index (χ3n) is 2.28. The molecule has 15 heavy (non-hydrogen) atoms. The third-order valence-corrected chi connectivity index (χ3v) is 2.28. The Labute approximate surface area is 87.2 Å². The first-order valence-electron chi connectivity index (χ1n) is 4.60. The number of benzene rings is 1. The molecule has 4 nitrogen and oxygen atoms in total. The van der Waals surface area contributed by atoms with E-state index in [1.54, 1.807) is 24.3 Å². The molecule has 1 unspecified atom stereocenters. The lowest BCUT2D eigenvalue weighted by atomic mass is 10.1. The zero-order valence-electron chi connectivity index (χ0n) is 8.06. The monoisotopic (exact) mass is 205 g/mol. The number of alkyl carbamates (subject to hydrolysis) is 1. The summed E-state index contributed by atoms with van der Waals surface area (Å²) < 4.78 is 4.78. The highest BCUT2D eigenvalue weighted by Crippen LogP contribution is 2.17. The molecule has 0 spiro atoms. The second-order valence-electron chi connectivity index (χ2n) is 3.42. The number of nitrogens with one attached hydrogen (secondary N) is 1. The summed E-state index contributed by atoms with van der Waals surface area (Å²) in [6.45, 7) is 3.64. The van der Waals surface area contributed by atoms with Gasteiger partial charge in [-0.15, -0.1) is 0 Å². The minimum absolute atomic E-state index is 0.179. The molecule has 0 aromatic heterocycles. The largest absolute Gasteiger partial charge is 0.508 e. The number of phenols is 1. The van der Waals surface area contributed by atoms with Crippen LogP contribution in [0.5, 0.6) is 5.75 Å². The molecule has 4 heteroatoms. The predicted molar refractivity (Wildman–Crippen MR) is 54.4 cm³/mol. The smallest absolute Gasteiger partial charge is 0.412 e. The molecule has 1 atom stereocenters. The molecule has 2 rings (SSSR count). The summed E-state index contributed by atoms with van der Waals surface area (Å²) in [5.41, 5.74) is 1.00. The Kier molecular flexibility index (Phi) is 2.33. The molecule has 1 aliphatic heterocycles. The summed E-state index contributed by atoms with van der Waals surface area (Å²) in [6, 6.07) is 6.63. The van der Waals surface area contributed by atoms with E-state index >= 15 is 0 Å². The van der Waals surface area contributed by atoms with Gasteiger partial charge in [0.1, 0.15) is 11.5 Å². The van der Waals surface area contributed by atoms with Crippen LogP contribution in [0.15, 0.2) is 36.6 Å². The molecule has 1 amide bonds. The van der Waals surface area contributed by atoms with Gasteiger partial charge in [-0.1, -0.05) is 18.7 Å². The van der Waals surface area contributed by atoms with Gasteiger partial charge >= 0.3 is 6.09 Å². The molecule has 1 aromatic rings. The Morgan fingerprint density at radius 1 is 1.40 bits per heavy atom. The van der Waals surface area contributed by atoms with E-state index in [-0.39, 0.29) is 11.8 Å². The fourth-order valence-electron chi connectivity index (χ4n) is 1.48. The fraction of sp³-hybridized carbons (Fsp3) is 0.182. The molecule has 1 saturated heterocycles. The van der Waals surface area contributed by atoms with E-state index in [4.69, 9.17) is 9.84 Å². The van der Waals surface area contributed by atoms with E-state index in [1.807, 2.05) is 0 Å². The van der Waals surface area contributed by atoms with Gasteiger partial charge in [0.15, 0.2) is 0 Å². The molecule has 0 saturated carbocycles. The Morgan fingerprint density at radius 3 is 2.60 bits per heavy atom. The van der Waals surface area contributed by atoms with Gasteiger partial charge in [-0.05, 0) is 17.7 Å².